The summed E-state index contributed by atoms with van der Waals surface area (Å²) in [6.07, 6.45) is 5.48. The number of aromatic nitrogens is 1. The highest BCUT2D eigenvalue weighted by atomic mass is 16.7. The second-order valence-corrected chi connectivity index (χ2v) is 9.84. The first-order valence-electron chi connectivity index (χ1n) is 12.1. The quantitative estimate of drug-likeness (QED) is 0.634. The SMILES string of the molecule is CC1(C(=O)NC2CCCCC2)Cn2c(cc3ccccc32)C(=O)N1Cc1ccc2c(c1)OCO2. The lowest BCUT2D eigenvalue weighted by molar-refractivity contribution is -0.134. The molecule has 0 bridgehead atoms. The number of carbonyl (C=O) groups excluding carboxylic acids is 2. The Morgan fingerprint density at radius 3 is 2.71 bits per heavy atom. The first-order valence-corrected chi connectivity index (χ1v) is 12.1. The molecule has 2 amide bonds. The van der Waals surface area contributed by atoms with Gasteiger partial charge in [-0.3, -0.25) is 9.59 Å². The second kappa shape index (κ2) is 8.08. The Bertz CT molecular complexity index is 1280. The van der Waals surface area contributed by atoms with E-state index in [1.54, 1.807) is 4.90 Å². The summed E-state index contributed by atoms with van der Waals surface area (Å²) in [4.78, 5) is 29.5. The molecule has 1 unspecified atom stereocenters. The third-order valence-electron chi connectivity index (χ3n) is 7.54. The minimum absolute atomic E-state index is 0.0862. The van der Waals surface area contributed by atoms with E-state index in [2.05, 4.69) is 5.32 Å². The fourth-order valence-electron chi connectivity index (χ4n) is 5.56. The molecule has 0 saturated heterocycles. The van der Waals surface area contributed by atoms with Crippen molar-refractivity contribution in [1.29, 1.82) is 0 Å². The highest BCUT2D eigenvalue weighted by Gasteiger charge is 2.48. The molecular formula is C27H29N3O4. The van der Waals surface area contributed by atoms with Crippen LogP contribution in [0.2, 0.25) is 0 Å². The molecule has 1 fully saturated rings. The molecule has 7 nitrogen and oxygen atoms in total. The average Bonchev–Trinajstić information content (AvgIpc) is 3.47. The van der Waals surface area contributed by atoms with E-state index in [9.17, 15) is 9.59 Å². The van der Waals surface area contributed by atoms with Crippen LogP contribution in [0.4, 0.5) is 0 Å². The number of fused-ring (bicyclic) bond motifs is 4. The molecule has 1 aliphatic carbocycles. The zero-order valence-electron chi connectivity index (χ0n) is 19.4. The highest BCUT2D eigenvalue weighted by molar-refractivity contribution is 6.03. The molecular weight excluding hydrogens is 430 g/mol. The van der Waals surface area contributed by atoms with Crippen molar-refractivity contribution in [1.82, 2.24) is 14.8 Å². The van der Waals surface area contributed by atoms with Crippen molar-refractivity contribution in [3.8, 4) is 11.5 Å². The Labute approximate surface area is 198 Å². The van der Waals surface area contributed by atoms with Gasteiger partial charge in [0, 0.05) is 23.5 Å². The van der Waals surface area contributed by atoms with E-state index in [0.717, 1.165) is 42.1 Å². The monoisotopic (exact) mass is 459 g/mol. The average molecular weight is 460 g/mol. The lowest BCUT2D eigenvalue weighted by Gasteiger charge is -2.45. The summed E-state index contributed by atoms with van der Waals surface area (Å²) in [6, 6.07) is 15.8. The molecule has 3 aromatic rings. The fourth-order valence-corrected chi connectivity index (χ4v) is 5.56. The lowest BCUT2D eigenvalue weighted by atomic mass is 9.91. The van der Waals surface area contributed by atoms with Gasteiger partial charge in [-0.15, -0.1) is 0 Å². The summed E-state index contributed by atoms with van der Waals surface area (Å²) < 4.78 is 13.0. The molecule has 1 saturated carbocycles. The van der Waals surface area contributed by atoms with Crippen LogP contribution in [-0.4, -0.2) is 39.7 Å². The molecule has 2 aromatic carbocycles. The van der Waals surface area contributed by atoms with Crippen LogP contribution < -0.4 is 14.8 Å². The minimum atomic E-state index is -1.03. The number of rotatable bonds is 4. The van der Waals surface area contributed by atoms with Crippen LogP contribution in [0.25, 0.3) is 10.9 Å². The molecule has 1 N–H and O–H groups in total. The molecule has 1 aromatic heterocycles. The van der Waals surface area contributed by atoms with Crippen molar-refractivity contribution in [3.63, 3.8) is 0 Å². The van der Waals surface area contributed by atoms with Crippen molar-refractivity contribution < 1.29 is 19.1 Å². The molecule has 0 radical (unpaired) electrons. The molecule has 176 valence electrons. The van der Waals surface area contributed by atoms with Crippen molar-refractivity contribution >= 4 is 22.7 Å². The number of hydrogen-bond acceptors (Lipinski definition) is 4. The van der Waals surface area contributed by atoms with Crippen LogP contribution in [0.3, 0.4) is 0 Å². The maximum Gasteiger partial charge on any atom is 0.271 e. The molecule has 6 rings (SSSR count). The molecule has 1 atom stereocenters. The summed E-state index contributed by atoms with van der Waals surface area (Å²) >= 11 is 0. The van der Waals surface area contributed by atoms with E-state index in [1.165, 1.54) is 6.42 Å². The Morgan fingerprint density at radius 2 is 1.85 bits per heavy atom. The predicted octanol–water partition coefficient (Wildman–Crippen LogP) is 4.23. The lowest BCUT2D eigenvalue weighted by Crippen LogP contribution is -2.64. The maximum atomic E-state index is 13.9. The van der Waals surface area contributed by atoms with E-state index in [-0.39, 0.29) is 24.6 Å². The normalized spacial score (nSPS) is 22.1. The van der Waals surface area contributed by atoms with Crippen LogP contribution >= 0.6 is 0 Å². The molecule has 2 aliphatic heterocycles. The van der Waals surface area contributed by atoms with E-state index >= 15 is 0 Å². The summed E-state index contributed by atoms with van der Waals surface area (Å²) in [5.74, 6) is 1.15. The number of para-hydroxylation sites is 1. The van der Waals surface area contributed by atoms with Gasteiger partial charge in [0.1, 0.15) is 11.2 Å². The Morgan fingerprint density at radius 1 is 1.06 bits per heavy atom. The number of benzene rings is 2. The van der Waals surface area contributed by atoms with Gasteiger partial charge in [0.2, 0.25) is 12.7 Å². The number of nitrogens with one attached hydrogen (secondary N) is 1. The van der Waals surface area contributed by atoms with E-state index < -0.39 is 5.54 Å². The van der Waals surface area contributed by atoms with E-state index in [1.807, 2.05) is 60.0 Å². The molecule has 0 spiro atoms. The van der Waals surface area contributed by atoms with Gasteiger partial charge in [-0.2, -0.15) is 0 Å². The summed E-state index contributed by atoms with van der Waals surface area (Å²) in [6.45, 7) is 2.81. The van der Waals surface area contributed by atoms with Gasteiger partial charge in [-0.25, -0.2) is 0 Å². The Kier molecular flexibility index (Phi) is 5.01. The number of hydrogen-bond donors (Lipinski definition) is 1. The number of nitrogens with zero attached hydrogens (tertiary/aromatic N) is 2. The first kappa shape index (κ1) is 21.1. The van der Waals surface area contributed by atoms with Crippen LogP contribution in [-0.2, 0) is 17.9 Å². The van der Waals surface area contributed by atoms with Crippen LogP contribution in [0.5, 0.6) is 11.5 Å². The van der Waals surface area contributed by atoms with Gasteiger partial charge in [-0.05, 0) is 49.6 Å². The van der Waals surface area contributed by atoms with Crippen molar-refractivity contribution in [2.45, 2.75) is 63.7 Å². The largest absolute Gasteiger partial charge is 0.454 e. The summed E-state index contributed by atoms with van der Waals surface area (Å²) in [5, 5.41) is 4.29. The van der Waals surface area contributed by atoms with Crippen LogP contribution in [0, 0.1) is 0 Å². The third kappa shape index (κ3) is 3.42. The zero-order chi connectivity index (χ0) is 23.3. The van der Waals surface area contributed by atoms with Crippen molar-refractivity contribution in [2.24, 2.45) is 0 Å². The Balaban J connectivity index is 1.39. The van der Waals surface area contributed by atoms with Crippen molar-refractivity contribution in [2.75, 3.05) is 6.79 Å². The summed E-state index contributed by atoms with van der Waals surface area (Å²) in [7, 11) is 0. The maximum absolute atomic E-state index is 13.9. The van der Waals surface area contributed by atoms with Gasteiger partial charge in [0.25, 0.3) is 5.91 Å². The zero-order valence-corrected chi connectivity index (χ0v) is 19.4. The fraction of sp³-hybridized carbons (Fsp3) is 0.407. The molecule has 7 heteroatoms. The standard InChI is InChI=1S/C27H29N3O4/c1-27(26(32)28-20-8-3-2-4-9-20)16-29-21-10-6-5-7-19(21)14-22(29)25(31)30(27)15-18-11-12-23-24(13-18)34-17-33-23/h5-7,10-14,20H,2-4,8-9,15-17H2,1H3,(H,28,32). The van der Waals surface area contributed by atoms with Gasteiger partial charge >= 0.3 is 0 Å². The highest BCUT2D eigenvalue weighted by Crippen LogP contribution is 2.36. The van der Waals surface area contributed by atoms with Gasteiger partial charge in [0.05, 0.1) is 6.54 Å². The molecule has 34 heavy (non-hydrogen) atoms. The van der Waals surface area contributed by atoms with E-state index in [0.29, 0.717) is 30.3 Å². The number of carbonyl (C=O) groups is 2. The number of ether oxygens (including phenoxy) is 2. The van der Waals surface area contributed by atoms with Crippen molar-refractivity contribution in [3.05, 3.63) is 59.8 Å². The summed E-state index contributed by atoms with van der Waals surface area (Å²) in [5.41, 5.74) is 1.47. The van der Waals surface area contributed by atoms with Gasteiger partial charge in [0.15, 0.2) is 11.5 Å². The second-order valence-electron chi connectivity index (χ2n) is 9.84. The topological polar surface area (TPSA) is 72.8 Å². The third-order valence-corrected chi connectivity index (χ3v) is 7.54. The smallest absolute Gasteiger partial charge is 0.271 e. The molecule has 3 aliphatic rings. The van der Waals surface area contributed by atoms with Gasteiger partial charge in [-0.1, -0.05) is 43.5 Å². The Hall–Kier alpha value is -3.48. The first-order chi connectivity index (χ1) is 16.5. The van der Waals surface area contributed by atoms with Gasteiger partial charge < -0.3 is 24.3 Å². The van der Waals surface area contributed by atoms with Crippen LogP contribution in [0.15, 0.2) is 48.5 Å². The van der Waals surface area contributed by atoms with Crippen LogP contribution in [0.1, 0.15) is 55.1 Å². The molecule has 3 heterocycles. The minimum Gasteiger partial charge on any atom is -0.454 e. The number of amides is 2. The predicted molar refractivity (Wildman–Crippen MR) is 128 cm³/mol. The van der Waals surface area contributed by atoms with E-state index in [4.69, 9.17) is 9.47 Å².